The fourth-order valence-corrected chi connectivity index (χ4v) is 3.37. The first-order valence-corrected chi connectivity index (χ1v) is 9.10. The zero-order valence-electron chi connectivity index (χ0n) is 15.3. The quantitative estimate of drug-likeness (QED) is 0.643. The summed E-state index contributed by atoms with van der Waals surface area (Å²) >= 11 is 0. The van der Waals surface area contributed by atoms with Crippen LogP contribution in [0.2, 0.25) is 0 Å². The summed E-state index contributed by atoms with van der Waals surface area (Å²) in [6.07, 6.45) is 3.83. The number of hydrogen-bond acceptors (Lipinski definition) is 5. The number of urea groups is 1. The van der Waals surface area contributed by atoms with Gasteiger partial charge in [-0.1, -0.05) is 0 Å². The molecule has 2 amide bonds. The topological polar surface area (TPSA) is 115 Å². The number of amides is 2. The molecule has 27 heavy (non-hydrogen) atoms. The Morgan fingerprint density at radius 3 is 2.70 bits per heavy atom. The SMILES string of the molecule is COc1ccc(C#N)cc1NC(=O)NC1CC(N(CC(=O)O)CC2CC2)C1. The molecule has 1 aromatic rings. The minimum Gasteiger partial charge on any atom is -0.495 e. The fraction of sp³-hybridized carbons (Fsp3) is 0.526. The number of nitrogens with one attached hydrogen (secondary N) is 2. The van der Waals surface area contributed by atoms with Crippen molar-refractivity contribution in [3.8, 4) is 11.8 Å². The van der Waals surface area contributed by atoms with E-state index in [1.54, 1.807) is 18.2 Å². The van der Waals surface area contributed by atoms with Gasteiger partial charge in [0.05, 0.1) is 31.0 Å². The Morgan fingerprint density at radius 2 is 2.11 bits per heavy atom. The molecule has 144 valence electrons. The van der Waals surface area contributed by atoms with Crippen molar-refractivity contribution in [2.45, 2.75) is 37.8 Å². The highest BCUT2D eigenvalue weighted by Crippen LogP contribution is 2.34. The molecule has 0 atom stereocenters. The van der Waals surface area contributed by atoms with Gasteiger partial charge in [0.15, 0.2) is 0 Å². The van der Waals surface area contributed by atoms with Gasteiger partial charge in [0.1, 0.15) is 5.75 Å². The number of aliphatic carboxylic acids is 1. The van der Waals surface area contributed by atoms with Crippen LogP contribution in [-0.2, 0) is 4.79 Å². The highest BCUT2D eigenvalue weighted by atomic mass is 16.5. The van der Waals surface area contributed by atoms with E-state index in [-0.39, 0.29) is 24.7 Å². The fourth-order valence-electron chi connectivity index (χ4n) is 3.37. The van der Waals surface area contributed by atoms with Gasteiger partial charge in [-0.3, -0.25) is 9.69 Å². The van der Waals surface area contributed by atoms with Gasteiger partial charge >= 0.3 is 12.0 Å². The predicted molar refractivity (Wildman–Crippen MR) is 98.6 cm³/mol. The van der Waals surface area contributed by atoms with E-state index in [9.17, 15) is 9.59 Å². The van der Waals surface area contributed by atoms with Crippen molar-refractivity contribution >= 4 is 17.7 Å². The number of anilines is 1. The van der Waals surface area contributed by atoms with Crippen molar-refractivity contribution < 1.29 is 19.4 Å². The molecule has 2 fully saturated rings. The van der Waals surface area contributed by atoms with Crippen LogP contribution < -0.4 is 15.4 Å². The number of carbonyl (C=O) groups is 2. The monoisotopic (exact) mass is 372 g/mol. The van der Waals surface area contributed by atoms with Crippen LogP contribution in [0.15, 0.2) is 18.2 Å². The third-order valence-corrected chi connectivity index (χ3v) is 5.07. The average molecular weight is 372 g/mol. The molecule has 0 unspecified atom stereocenters. The number of carbonyl (C=O) groups excluding carboxylic acids is 1. The van der Waals surface area contributed by atoms with E-state index >= 15 is 0 Å². The van der Waals surface area contributed by atoms with Crippen LogP contribution >= 0.6 is 0 Å². The molecule has 2 saturated carbocycles. The third-order valence-electron chi connectivity index (χ3n) is 5.07. The van der Waals surface area contributed by atoms with Gasteiger partial charge in [0.2, 0.25) is 0 Å². The van der Waals surface area contributed by atoms with Crippen molar-refractivity contribution in [1.82, 2.24) is 10.2 Å². The molecule has 0 spiro atoms. The Balaban J connectivity index is 1.50. The van der Waals surface area contributed by atoms with Crippen molar-refractivity contribution in [2.24, 2.45) is 5.92 Å². The highest BCUT2D eigenvalue weighted by Gasteiger charge is 2.37. The highest BCUT2D eigenvalue weighted by molar-refractivity contribution is 5.91. The number of rotatable bonds is 8. The van der Waals surface area contributed by atoms with Crippen molar-refractivity contribution in [3.63, 3.8) is 0 Å². The van der Waals surface area contributed by atoms with Crippen molar-refractivity contribution in [2.75, 3.05) is 25.5 Å². The normalized spacial score (nSPS) is 21.1. The van der Waals surface area contributed by atoms with E-state index in [4.69, 9.17) is 15.1 Å². The summed E-state index contributed by atoms with van der Waals surface area (Å²) in [5.74, 6) is 0.293. The number of carboxylic acid groups (broad SMARTS) is 1. The lowest BCUT2D eigenvalue weighted by molar-refractivity contribution is -0.139. The summed E-state index contributed by atoms with van der Waals surface area (Å²) in [5.41, 5.74) is 0.866. The van der Waals surface area contributed by atoms with Crippen LogP contribution in [0.5, 0.6) is 5.75 Å². The molecule has 8 heteroatoms. The van der Waals surface area contributed by atoms with Gasteiger partial charge in [0.25, 0.3) is 0 Å². The average Bonchev–Trinajstić information content (AvgIpc) is 3.40. The standard InChI is InChI=1S/C19H24N4O4/c1-27-17-5-4-13(9-20)6-16(17)22-19(26)21-14-7-15(8-14)23(11-18(24)25)10-12-2-3-12/h4-6,12,14-15H,2-3,7-8,10-11H2,1H3,(H,24,25)(H2,21,22,26). The Kier molecular flexibility index (Phi) is 5.81. The molecule has 1 aromatic carbocycles. The van der Waals surface area contributed by atoms with Gasteiger partial charge in [-0.15, -0.1) is 0 Å². The summed E-state index contributed by atoms with van der Waals surface area (Å²) < 4.78 is 5.21. The molecule has 0 saturated heterocycles. The number of nitriles is 1. The van der Waals surface area contributed by atoms with E-state index < -0.39 is 5.97 Å². The minimum absolute atomic E-state index is 0.00985. The lowest BCUT2D eigenvalue weighted by Gasteiger charge is -2.42. The number of methoxy groups -OCH3 is 1. The zero-order valence-corrected chi connectivity index (χ0v) is 15.3. The minimum atomic E-state index is -0.811. The van der Waals surface area contributed by atoms with Crippen molar-refractivity contribution in [3.05, 3.63) is 23.8 Å². The van der Waals surface area contributed by atoms with E-state index in [0.717, 1.165) is 19.4 Å². The summed E-state index contributed by atoms with van der Waals surface area (Å²) in [4.78, 5) is 25.4. The molecule has 2 aliphatic rings. The van der Waals surface area contributed by atoms with Crippen LogP contribution in [0.1, 0.15) is 31.2 Å². The lowest BCUT2D eigenvalue weighted by Crippen LogP contribution is -2.55. The van der Waals surface area contributed by atoms with Gasteiger partial charge in [-0.2, -0.15) is 5.26 Å². The van der Waals surface area contributed by atoms with Gasteiger partial charge in [-0.05, 0) is 49.8 Å². The van der Waals surface area contributed by atoms with Crippen LogP contribution in [0.25, 0.3) is 0 Å². The van der Waals surface area contributed by atoms with Crippen LogP contribution in [0, 0.1) is 17.2 Å². The second-order valence-corrected chi connectivity index (χ2v) is 7.21. The Labute approximate surface area is 158 Å². The Morgan fingerprint density at radius 1 is 1.37 bits per heavy atom. The van der Waals surface area contributed by atoms with E-state index in [2.05, 4.69) is 10.6 Å². The predicted octanol–water partition coefficient (Wildman–Crippen LogP) is 2.02. The van der Waals surface area contributed by atoms with E-state index in [1.807, 2.05) is 11.0 Å². The molecular weight excluding hydrogens is 348 g/mol. The van der Waals surface area contributed by atoms with Gasteiger partial charge in [-0.25, -0.2) is 4.79 Å². The second-order valence-electron chi connectivity index (χ2n) is 7.21. The second kappa shape index (κ2) is 8.27. The van der Waals surface area contributed by atoms with Crippen LogP contribution in [-0.4, -0.2) is 54.3 Å². The van der Waals surface area contributed by atoms with Crippen LogP contribution in [0.3, 0.4) is 0 Å². The smallest absolute Gasteiger partial charge is 0.319 e. The molecular formula is C19H24N4O4. The maximum Gasteiger partial charge on any atom is 0.319 e. The first-order chi connectivity index (χ1) is 13.0. The maximum atomic E-state index is 12.3. The summed E-state index contributed by atoms with van der Waals surface area (Å²) in [5, 5.41) is 23.7. The number of carboxylic acids is 1. The maximum absolute atomic E-state index is 12.3. The van der Waals surface area contributed by atoms with Crippen LogP contribution in [0.4, 0.5) is 10.5 Å². The largest absolute Gasteiger partial charge is 0.495 e. The molecule has 2 aliphatic carbocycles. The summed E-state index contributed by atoms with van der Waals surface area (Å²) in [7, 11) is 1.50. The molecule has 0 heterocycles. The van der Waals surface area contributed by atoms with E-state index in [0.29, 0.717) is 22.9 Å². The van der Waals surface area contributed by atoms with E-state index in [1.165, 1.54) is 20.0 Å². The number of ether oxygens (including phenoxy) is 1. The molecule has 0 radical (unpaired) electrons. The molecule has 0 aromatic heterocycles. The zero-order chi connectivity index (χ0) is 19.4. The Hall–Kier alpha value is -2.79. The number of nitrogens with zero attached hydrogens (tertiary/aromatic N) is 2. The number of benzene rings is 1. The molecule has 0 bridgehead atoms. The lowest BCUT2D eigenvalue weighted by atomic mass is 9.85. The first-order valence-electron chi connectivity index (χ1n) is 9.10. The summed E-state index contributed by atoms with van der Waals surface area (Å²) in [6, 6.07) is 6.69. The summed E-state index contributed by atoms with van der Waals surface area (Å²) in [6.45, 7) is 0.881. The Bertz CT molecular complexity index is 751. The molecule has 3 N–H and O–H groups in total. The molecule has 8 nitrogen and oxygen atoms in total. The number of hydrogen-bond donors (Lipinski definition) is 3. The van der Waals surface area contributed by atoms with Gasteiger partial charge < -0.3 is 20.5 Å². The molecule has 0 aliphatic heterocycles. The van der Waals surface area contributed by atoms with Crippen molar-refractivity contribution in [1.29, 1.82) is 5.26 Å². The molecule has 3 rings (SSSR count). The van der Waals surface area contributed by atoms with Gasteiger partial charge in [0, 0.05) is 18.6 Å². The first kappa shape index (κ1) is 19.0. The third kappa shape index (κ3) is 5.11.